The first-order chi connectivity index (χ1) is 8.94. The van der Waals surface area contributed by atoms with Crippen LogP contribution in [0.1, 0.15) is 11.3 Å². The van der Waals surface area contributed by atoms with E-state index in [1.165, 1.54) is 0 Å². The van der Waals surface area contributed by atoms with Crippen molar-refractivity contribution in [3.8, 4) is 0 Å². The summed E-state index contributed by atoms with van der Waals surface area (Å²) in [5.41, 5.74) is 1.26. The van der Waals surface area contributed by atoms with E-state index in [1.807, 2.05) is 6.07 Å². The van der Waals surface area contributed by atoms with Crippen LogP contribution in [0, 0.1) is 10.5 Å². The molecule has 0 spiro atoms. The first-order valence-electron chi connectivity index (χ1n) is 5.37. The largest absolute Gasteiger partial charge is 0.392 e. The van der Waals surface area contributed by atoms with Crippen molar-refractivity contribution in [3.63, 3.8) is 0 Å². The van der Waals surface area contributed by atoms with Crippen LogP contribution in [0.5, 0.6) is 0 Å². The average Bonchev–Trinajstić information content (AvgIpc) is 2.70. The highest BCUT2D eigenvalue weighted by molar-refractivity contribution is 14.1. The minimum absolute atomic E-state index is 0.175. The molecule has 0 atom stereocenters. The summed E-state index contributed by atoms with van der Waals surface area (Å²) < 4.78 is 27.7. The lowest BCUT2D eigenvalue weighted by molar-refractivity contribution is 0.277. The number of nitrogens with zero attached hydrogens (tertiary/aromatic N) is 1. The molecule has 8 heteroatoms. The highest BCUT2D eigenvalue weighted by Gasteiger charge is 2.23. The van der Waals surface area contributed by atoms with Crippen molar-refractivity contribution >= 4 is 38.3 Å². The predicted molar refractivity (Wildman–Crippen MR) is 79.2 cm³/mol. The van der Waals surface area contributed by atoms with Gasteiger partial charge in [0.1, 0.15) is 0 Å². The summed E-state index contributed by atoms with van der Waals surface area (Å²) in [5, 5.41) is 15.3. The second-order valence-corrected chi connectivity index (χ2v) is 6.75. The van der Waals surface area contributed by atoms with E-state index < -0.39 is 10.0 Å². The van der Waals surface area contributed by atoms with Crippen molar-refractivity contribution in [1.82, 2.24) is 10.2 Å². The van der Waals surface area contributed by atoms with Gasteiger partial charge < -0.3 is 5.11 Å². The number of anilines is 1. The molecule has 0 amide bonds. The van der Waals surface area contributed by atoms with Crippen LogP contribution in [-0.2, 0) is 16.6 Å². The third-order valence-electron chi connectivity index (χ3n) is 2.53. The summed E-state index contributed by atoms with van der Waals surface area (Å²) in [4.78, 5) is 0. The monoisotopic (exact) mass is 393 g/mol. The zero-order valence-corrected chi connectivity index (χ0v) is 13.0. The Morgan fingerprint density at radius 1 is 1.47 bits per heavy atom. The number of sulfonamides is 1. The molecule has 0 saturated carbocycles. The van der Waals surface area contributed by atoms with Crippen LogP contribution in [0.4, 0.5) is 5.69 Å². The highest BCUT2D eigenvalue weighted by atomic mass is 127. The number of benzene rings is 1. The molecule has 102 valence electrons. The maximum absolute atomic E-state index is 12.2. The molecule has 0 aliphatic carbocycles. The van der Waals surface area contributed by atoms with Gasteiger partial charge in [0.05, 0.1) is 6.61 Å². The van der Waals surface area contributed by atoms with E-state index in [-0.39, 0.29) is 17.2 Å². The van der Waals surface area contributed by atoms with Gasteiger partial charge >= 0.3 is 0 Å². The number of nitrogens with one attached hydrogen (secondary N) is 2. The molecule has 1 heterocycles. The molecule has 19 heavy (non-hydrogen) atoms. The van der Waals surface area contributed by atoms with Crippen LogP contribution >= 0.6 is 22.6 Å². The van der Waals surface area contributed by atoms with Gasteiger partial charge in [-0.3, -0.25) is 9.82 Å². The maximum Gasteiger partial charge on any atom is 0.281 e. The van der Waals surface area contributed by atoms with Gasteiger partial charge in [-0.15, -0.1) is 0 Å². The molecule has 2 rings (SSSR count). The molecule has 3 N–H and O–H groups in total. The molecule has 0 aliphatic heterocycles. The first kappa shape index (κ1) is 14.3. The van der Waals surface area contributed by atoms with Crippen LogP contribution in [0.2, 0.25) is 0 Å². The van der Waals surface area contributed by atoms with Crippen molar-refractivity contribution in [1.29, 1.82) is 0 Å². The van der Waals surface area contributed by atoms with E-state index >= 15 is 0 Å². The second-order valence-electron chi connectivity index (χ2n) is 3.91. The molecule has 2 aromatic rings. The lowest BCUT2D eigenvalue weighted by atomic mass is 10.3. The number of aliphatic hydroxyl groups excluding tert-OH is 1. The standard InChI is InChI=1S/C11H12IN3O3S/c1-7-10(6-16)11(14-13-7)19(17,18)15-9-4-2-3-8(12)5-9/h2-5,15-16H,6H2,1H3,(H,13,14). The van der Waals surface area contributed by atoms with E-state index in [0.717, 1.165) is 3.57 Å². The van der Waals surface area contributed by atoms with Gasteiger partial charge in [-0.05, 0) is 47.7 Å². The normalized spacial score (nSPS) is 11.5. The van der Waals surface area contributed by atoms with Crippen molar-refractivity contribution in [2.24, 2.45) is 0 Å². The Balaban J connectivity index is 2.38. The van der Waals surface area contributed by atoms with Gasteiger partial charge in [-0.1, -0.05) is 6.07 Å². The minimum atomic E-state index is -3.81. The fourth-order valence-corrected chi connectivity index (χ4v) is 3.38. The third-order valence-corrected chi connectivity index (χ3v) is 4.55. The molecule has 0 radical (unpaired) electrons. The van der Waals surface area contributed by atoms with Gasteiger partial charge in [0, 0.05) is 20.5 Å². The summed E-state index contributed by atoms with van der Waals surface area (Å²) in [6, 6.07) is 6.96. The Morgan fingerprint density at radius 3 is 2.84 bits per heavy atom. The molecule has 0 saturated heterocycles. The molecule has 0 fully saturated rings. The van der Waals surface area contributed by atoms with Crippen LogP contribution in [0.3, 0.4) is 0 Å². The Morgan fingerprint density at radius 2 is 2.21 bits per heavy atom. The van der Waals surface area contributed by atoms with Crippen LogP contribution < -0.4 is 4.72 Å². The van der Waals surface area contributed by atoms with Gasteiger partial charge in [0.2, 0.25) is 5.03 Å². The number of H-pyrrole nitrogens is 1. The number of rotatable bonds is 4. The fraction of sp³-hybridized carbons (Fsp3) is 0.182. The Kier molecular flexibility index (Phi) is 4.11. The van der Waals surface area contributed by atoms with E-state index in [2.05, 4.69) is 37.5 Å². The molecular formula is C11H12IN3O3S. The Labute approximate surface area is 124 Å². The van der Waals surface area contributed by atoms with Gasteiger partial charge in [-0.2, -0.15) is 13.5 Å². The number of aryl methyl sites for hydroxylation is 1. The summed E-state index contributed by atoms with van der Waals surface area (Å²) in [6.07, 6.45) is 0. The lowest BCUT2D eigenvalue weighted by Crippen LogP contribution is -2.15. The molecule has 1 aromatic carbocycles. The van der Waals surface area contributed by atoms with Crippen LogP contribution in [0.15, 0.2) is 29.3 Å². The zero-order chi connectivity index (χ0) is 14.0. The minimum Gasteiger partial charge on any atom is -0.392 e. The number of halogens is 1. The SMILES string of the molecule is Cc1[nH]nc(S(=O)(=O)Nc2cccc(I)c2)c1CO. The van der Waals surface area contributed by atoms with E-state index in [9.17, 15) is 13.5 Å². The molecule has 0 unspecified atom stereocenters. The molecule has 1 aromatic heterocycles. The van der Waals surface area contributed by atoms with Crippen LogP contribution in [0.25, 0.3) is 0 Å². The summed E-state index contributed by atoms with van der Waals surface area (Å²) in [6.45, 7) is 1.27. The van der Waals surface area contributed by atoms with Crippen molar-refractivity contribution in [2.75, 3.05) is 4.72 Å². The second kappa shape index (κ2) is 5.47. The Bertz CT molecular complexity index is 697. The maximum atomic E-state index is 12.2. The number of hydrogen-bond acceptors (Lipinski definition) is 4. The van der Waals surface area contributed by atoms with Crippen LogP contribution in [-0.4, -0.2) is 23.7 Å². The zero-order valence-electron chi connectivity index (χ0n) is 10.0. The van der Waals surface area contributed by atoms with E-state index in [0.29, 0.717) is 11.4 Å². The molecular weight excluding hydrogens is 381 g/mol. The number of hydrogen-bond donors (Lipinski definition) is 3. The fourth-order valence-electron chi connectivity index (χ4n) is 1.59. The molecule has 0 aliphatic rings. The Hall–Kier alpha value is -1.13. The molecule has 0 bridgehead atoms. The van der Waals surface area contributed by atoms with Gasteiger partial charge in [-0.25, -0.2) is 0 Å². The summed E-state index contributed by atoms with van der Waals surface area (Å²) in [7, 11) is -3.81. The number of aromatic amines is 1. The summed E-state index contributed by atoms with van der Waals surface area (Å²) in [5.74, 6) is 0. The average molecular weight is 393 g/mol. The van der Waals surface area contributed by atoms with E-state index in [1.54, 1.807) is 25.1 Å². The van der Waals surface area contributed by atoms with Crippen molar-refractivity contribution in [2.45, 2.75) is 18.6 Å². The highest BCUT2D eigenvalue weighted by Crippen LogP contribution is 2.20. The first-order valence-corrected chi connectivity index (χ1v) is 7.93. The summed E-state index contributed by atoms with van der Waals surface area (Å²) >= 11 is 2.09. The smallest absolute Gasteiger partial charge is 0.281 e. The third kappa shape index (κ3) is 3.07. The van der Waals surface area contributed by atoms with Gasteiger partial charge in [0.25, 0.3) is 10.0 Å². The quantitative estimate of drug-likeness (QED) is 0.688. The lowest BCUT2D eigenvalue weighted by Gasteiger charge is -2.07. The topological polar surface area (TPSA) is 95.1 Å². The van der Waals surface area contributed by atoms with E-state index in [4.69, 9.17) is 0 Å². The van der Waals surface area contributed by atoms with Gasteiger partial charge in [0.15, 0.2) is 0 Å². The molecule has 6 nitrogen and oxygen atoms in total. The number of aliphatic hydroxyl groups is 1. The number of aromatic nitrogens is 2. The predicted octanol–water partition coefficient (Wildman–Crippen LogP) is 1.62. The van der Waals surface area contributed by atoms with Crippen molar-refractivity contribution < 1.29 is 13.5 Å². The van der Waals surface area contributed by atoms with Crippen molar-refractivity contribution in [3.05, 3.63) is 39.1 Å².